The Morgan fingerprint density at radius 3 is 2.87 bits per heavy atom. The average molecular weight is 234 g/mol. The fourth-order valence-electron chi connectivity index (χ4n) is 1.59. The van der Waals surface area contributed by atoms with E-state index in [1.165, 1.54) is 4.57 Å². The summed E-state index contributed by atoms with van der Waals surface area (Å²) in [6.45, 7) is 1.36. The molecular formula is C8H12ClN3O3. The molecule has 15 heavy (non-hydrogen) atoms. The van der Waals surface area contributed by atoms with Crippen LogP contribution in [0.15, 0.2) is 9.59 Å². The number of nitrogens with zero attached hydrogens (tertiary/aromatic N) is 1. The van der Waals surface area contributed by atoms with E-state index >= 15 is 0 Å². The van der Waals surface area contributed by atoms with Crippen LogP contribution in [-0.4, -0.2) is 16.2 Å². The van der Waals surface area contributed by atoms with Gasteiger partial charge < -0.3 is 10.5 Å². The summed E-state index contributed by atoms with van der Waals surface area (Å²) in [4.78, 5) is 24.9. The highest BCUT2D eigenvalue weighted by Crippen LogP contribution is 2.07. The normalized spacial score (nSPS) is 14.2. The van der Waals surface area contributed by atoms with Gasteiger partial charge in [0, 0.05) is 6.54 Å². The number of fused-ring (bicyclic) bond motifs is 1. The molecule has 2 rings (SSSR count). The van der Waals surface area contributed by atoms with Crippen molar-refractivity contribution in [3.05, 3.63) is 32.1 Å². The first-order chi connectivity index (χ1) is 6.74. The number of halogens is 1. The van der Waals surface area contributed by atoms with Gasteiger partial charge in [-0.05, 0) is 0 Å². The highest BCUT2D eigenvalue weighted by molar-refractivity contribution is 5.85. The maximum absolute atomic E-state index is 11.4. The molecule has 0 amide bonds. The van der Waals surface area contributed by atoms with E-state index < -0.39 is 5.56 Å². The van der Waals surface area contributed by atoms with E-state index in [1.54, 1.807) is 0 Å². The minimum atomic E-state index is -0.408. The molecule has 0 saturated carbocycles. The molecule has 0 saturated heterocycles. The van der Waals surface area contributed by atoms with Crippen molar-refractivity contribution < 1.29 is 4.74 Å². The second kappa shape index (κ2) is 4.61. The lowest BCUT2D eigenvalue weighted by Crippen LogP contribution is -2.39. The molecule has 0 fully saturated rings. The molecule has 84 valence electrons. The third kappa shape index (κ3) is 1.97. The van der Waals surface area contributed by atoms with Crippen LogP contribution in [-0.2, 0) is 24.4 Å². The Morgan fingerprint density at radius 1 is 1.47 bits per heavy atom. The highest BCUT2D eigenvalue weighted by atomic mass is 35.5. The van der Waals surface area contributed by atoms with Gasteiger partial charge in [0.1, 0.15) is 0 Å². The summed E-state index contributed by atoms with van der Waals surface area (Å²) in [6, 6.07) is 0. The Morgan fingerprint density at radius 2 is 2.20 bits per heavy atom. The fraction of sp³-hybridized carbons (Fsp3) is 0.500. The zero-order chi connectivity index (χ0) is 10.1. The molecule has 1 aliphatic rings. The molecule has 0 unspecified atom stereocenters. The van der Waals surface area contributed by atoms with Gasteiger partial charge in [0.25, 0.3) is 5.56 Å². The Labute approximate surface area is 91.5 Å². The summed E-state index contributed by atoms with van der Waals surface area (Å²) in [5.74, 6) is 0. The van der Waals surface area contributed by atoms with Crippen molar-refractivity contribution in [3.8, 4) is 0 Å². The van der Waals surface area contributed by atoms with Crippen molar-refractivity contribution in [3.63, 3.8) is 0 Å². The number of H-pyrrole nitrogens is 1. The number of hydrogen-bond donors (Lipinski definition) is 2. The predicted octanol–water partition coefficient (Wildman–Crippen LogP) is -1.05. The molecule has 6 nitrogen and oxygen atoms in total. The molecule has 0 bridgehead atoms. The van der Waals surface area contributed by atoms with E-state index in [4.69, 9.17) is 10.5 Å². The second-order valence-electron chi connectivity index (χ2n) is 3.09. The number of nitrogens with two attached hydrogens (primary N) is 1. The summed E-state index contributed by atoms with van der Waals surface area (Å²) in [5.41, 5.74) is 5.68. The molecule has 0 radical (unpaired) electrons. The van der Waals surface area contributed by atoms with Gasteiger partial charge >= 0.3 is 5.69 Å². The average Bonchev–Trinajstić information content (AvgIpc) is 2.18. The quantitative estimate of drug-likeness (QED) is 0.648. The van der Waals surface area contributed by atoms with Crippen LogP contribution in [0.2, 0.25) is 0 Å². The Kier molecular flexibility index (Phi) is 3.67. The summed E-state index contributed by atoms with van der Waals surface area (Å²) < 4.78 is 6.69. The summed E-state index contributed by atoms with van der Waals surface area (Å²) in [5, 5.41) is 0. The summed E-state index contributed by atoms with van der Waals surface area (Å²) in [6.07, 6.45) is 0. The topological polar surface area (TPSA) is 90.1 Å². The lowest BCUT2D eigenvalue weighted by molar-refractivity contribution is 0.0805. The van der Waals surface area contributed by atoms with E-state index in [1.807, 2.05) is 0 Å². The van der Waals surface area contributed by atoms with Crippen LogP contribution in [0.4, 0.5) is 0 Å². The van der Waals surface area contributed by atoms with E-state index in [2.05, 4.69) is 4.98 Å². The predicted molar refractivity (Wildman–Crippen MR) is 56.1 cm³/mol. The molecule has 1 aromatic rings. The standard InChI is InChI=1S/C8H11N3O3.ClH/c9-3-5-6-4-14-2-1-11(6)8(13)10-7(5)12;/h1-4,9H2,(H,10,12,13);1H. The smallest absolute Gasteiger partial charge is 0.328 e. The summed E-state index contributed by atoms with van der Waals surface area (Å²) in [7, 11) is 0. The van der Waals surface area contributed by atoms with E-state index in [9.17, 15) is 9.59 Å². The molecular weight excluding hydrogens is 222 g/mol. The van der Waals surface area contributed by atoms with Gasteiger partial charge in [-0.1, -0.05) is 0 Å². The van der Waals surface area contributed by atoms with Gasteiger partial charge in [-0.15, -0.1) is 12.4 Å². The molecule has 1 aromatic heterocycles. The van der Waals surface area contributed by atoms with Crippen molar-refractivity contribution in [2.75, 3.05) is 6.61 Å². The van der Waals surface area contributed by atoms with Gasteiger partial charge in [-0.2, -0.15) is 0 Å². The first kappa shape index (κ1) is 12.0. The third-order valence-corrected chi connectivity index (χ3v) is 2.32. The van der Waals surface area contributed by atoms with Crippen LogP contribution < -0.4 is 17.0 Å². The van der Waals surface area contributed by atoms with Crippen LogP contribution in [0, 0.1) is 0 Å². The molecule has 2 heterocycles. The number of aromatic amines is 1. The maximum Gasteiger partial charge on any atom is 0.328 e. The lowest BCUT2D eigenvalue weighted by atomic mass is 10.2. The Bertz CT molecular complexity index is 437. The van der Waals surface area contributed by atoms with Crippen LogP contribution >= 0.6 is 12.4 Å². The second-order valence-corrected chi connectivity index (χ2v) is 3.09. The minimum Gasteiger partial charge on any atom is -0.373 e. The van der Waals surface area contributed by atoms with Gasteiger partial charge in [-0.3, -0.25) is 14.3 Å². The minimum absolute atomic E-state index is 0. The van der Waals surface area contributed by atoms with Crippen molar-refractivity contribution >= 4 is 12.4 Å². The van der Waals surface area contributed by atoms with Gasteiger partial charge in [0.2, 0.25) is 0 Å². The van der Waals surface area contributed by atoms with Crippen molar-refractivity contribution in [2.24, 2.45) is 5.73 Å². The zero-order valence-electron chi connectivity index (χ0n) is 7.99. The highest BCUT2D eigenvalue weighted by Gasteiger charge is 2.16. The lowest BCUT2D eigenvalue weighted by Gasteiger charge is -2.19. The van der Waals surface area contributed by atoms with Crippen molar-refractivity contribution in [2.45, 2.75) is 19.7 Å². The number of nitrogens with one attached hydrogen (secondary N) is 1. The fourth-order valence-corrected chi connectivity index (χ4v) is 1.59. The Balaban J connectivity index is 0.00000112. The first-order valence-electron chi connectivity index (χ1n) is 4.36. The molecule has 3 N–H and O–H groups in total. The third-order valence-electron chi connectivity index (χ3n) is 2.32. The summed E-state index contributed by atoms with van der Waals surface area (Å²) >= 11 is 0. The SMILES string of the molecule is Cl.NCc1c2n(c(=O)[nH]c1=O)CCOC2. The number of rotatable bonds is 1. The Hall–Kier alpha value is -1.11. The van der Waals surface area contributed by atoms with Gasteiger partial charge in [-0.25, -0.2) is 4.79 Å². The van der Waals surface area contributed by atoms with Gasteiger partial charge in [0.05, 0.1) is 31.0 Å². The monoisotopic (exact) mass is 233 g/mol. The largest absolute Gasteiger partial charge is 0.373 e. The molecule has 0 atom stereocenters. The van der Waals surface area contributed by atoms with Gasteiger partial charge in [0.15, 0.2) is 0 Å². The van der Waals surface area contributed by atoms with E-state index in [-0.39, 0.29) is 31.2 Å². The van der Waals surface area contributed by atoms with E-state index in [0.29, 0.717) is 24.4 Å². The first-order valence-corrected chi connectivity index (χ1v) is 4.36. The molecule has 0 aromatic carbocycles. The maximum atomic E-state index is 11.4. The van der Waals surface area contributed by atoms with Crippen molar-refractivity contribution in [1.29, 1.82) is 0 Å². The molecule has 7 heteroatoms. The van der Waals surface area contributed by atoms with Crippen LogP contribution in [0.25, 0.3) is 0 Å². The molecule has 0 aliphatic carbocycles. The zero-order valence-corrected chi connectivity index (χ0v) is 8.80. The molecule has 1 aliphatic heterocycles. The number of ether oxygens (including phenoxy) is 1. The number of hydrogen-bond acceptors (Lipinski definition) is 4. The van der Waals surface area contributed by atoms with Crippen LogP contribution in [0.3, 0.4) is 0 Å². The van der Waals surface area contributed by atoms with Crippen LogP contribution in [0.1, 0.15) is 11.3 Å². The molecule has 0 spiro atoms. The van der Waals surface area contributed by atoms with Crippen LogP contribution in [0.5, 0.6) is 0 Å². The van der Waals surface area contributed by atoms with Crippen molar-refractivity contribution in [1.82, 2.24) is 9.55 Å². The number of aromatic nitrogens is 2. The van der Waals surface area contributed by atoms with E-state index in [0.717, 1.165) is 0 Å².